The van der Waals surface area contributed by atoms with Gasteiger partial charge in [-0.3, -0.25) is 9.59 Å². The van der Waals surface area contributed by atoms with Gasteiger partial charge in [0.1, 0.15) is 0 Å². The van der Waals surface area contributed by atoms with Crippen molar-refractivity contribution in [1.29, 1.82) is 0 Å². The Kier molecular flexibility index (Phi) is 6.22. The third-order valence-electron chi connectivity index (χ3n) is 3.27. The molecule has 0 aromatic heterocycles. The number of esters is 1. The van der Waals surface area contributed by atoms with Crippen molar-refractivity contribution in [2.45, 2.75) is 32.6 Å². The Bertz CT molecular complexity index is 451. The molecular formula is C16H23NO3. The van der Waals surface area contributed by atoms with E-state index in [1.807, 2.05) is 24.3 Å². The van der Waals surface area contributed by atoms with Crippen molar-refractivity contribution in [3.05, 3.63) is 35.4 Å². The minimum atomic E-state index is -0.243. The van der Waals surface area contributed by atoms with E-state index in [0.29, 0.717) is 30.9 Å². The molecule has 0 saturated heterocycles. The maximum Gasteiger partial charge on any atom is 0.305 e. The third kappa shape index (κ3) is 4.68. The summed E-state index contributed by atoms with van der Waals surface area (Å²) in [6.45, 7) is 4.78. The third-order valence-corrected chi connectivity index (χ3v) is 3.27. The predicted molar refractivity (Wildman–Crippen MR) is 78.7 cm³/mol. The van der Waals surface area contributed by atoms with Gasteiger partial charge in [0.25, 0.3) is 5.91 Å². The Hall–Kier alpha value is -1.84. The Labute approximate surface area is 120 Å². The molecule has 0 radical (unpaired) electrons. The SMILES string of the molecule is COC(=O)CCCN(C)C(=O)c1ccc(C(C)C)cc1. The minimum absolute atomic E-state index is 0.0230. The van der Waals surface area contributed by atoms with E-state index in [2.05, 4.69) is 18.6 Å². The molecule has 0 spiro atoms. The van der Waals surface area contributed by atoms with Gasteiger partial charge in [-0.25, -0.2) is 0 Å². The number of benzene rings is 1. The molecule has 0 unspecified atom stereocenters. The van der Waals surface area contributed by atoms with Crippen LogP contribution < -0.4 is 0 Å². The van der Waals surface area contributed by atoms with Gasteiger partial charge >= 0.3 is 5.97 Å². The van der Waals surface area contributed by atoms with E-state index in [9.17, 15) is 9.59 Å². The second-order valence-corrected chi connectivity index (χ2v) is 5.18. The molecule has 1 rings (SSSR count). The lowest BCUT2D eigenvalue weighted by atomic mass is 10.0. The molecule has 0 aliphatic carbocycles. The normalized spacial score (nSPS) is 10.4. The summed E-state index contributed by atoms with van der Waals surface area (Å²) < 4.78 is 4.57. The van der Waals surface area contributed by atoms with Crippen LogP contribution in [-0.4, -0.2) is 37.5 Å². The number of carbonyl (C=O) groups is 2. The first-order valence-corrected chi connectivity index (χ1v) is 6.88. The molecule has 1 aromatic rings. The lowest BCUT2D eigenvalue weighted by molar-refractivity contribution is -0.140. The van der Waals surface area contributed by atoms with Crippen molar-refractivity contribution in [2.24, 2.45) is 0 Å². The number of carbonyl (C=O) groups excluding carboxylic acids is 2. The van der Waals surface area contributed by atoms with Gasteiger partial charge in [-0.15, -0.1) is 0 Å². The molecule has 0 heterocycles. The van der Waals surface area contributed by atoms with Crippen LogP contribution in [-0.2, 0) is 9.53 Å². The first-order valence-electron chi connectivity index (χ1n) is 6.88. The van der Waals surface area contributed by atoms with Crippen LogP contribution in [0.5, 0.6) is 0 Å². The summed E-state index contributed by atoms with van der Waals surface area (Å²) >= 11 is 0. The summed E-state index contributed by atoms with van der Waals surface area (Å²) in [5.41, 5.74) is 1.89. The molecule has 1 aromatic carbocycles. The zero-order chi connectivity index (χ0) is 15.1. The zero-order valence-corrected chi connectivity index (χ0v) is 12.7. The van der Waals surface area contributed by atoms with E-state index >= 15 is 0 Å². The van der Waals surface area contributed by atoms with Crippen LogP contribution in [0.1, 0.15) is 48.5 Å². The number of nitrogens with zero attached hydrogens (tertiary/aromatic N) is 1. The Balaban J connectivity index is 2.53. The van der Waals surface area contributed by atoms with Crippen LogP contribution >= 0.6 is 0 Å². The average molecular weight is 277 g/mol. The van der Waals surface area contributed by atoms with Crippen LogP contribution in [0.2, 0.25) is 0 Å². The number of ether oxygens (including phenoxy) is 1. The largest absolute Gasteiger partial charge is 0.469 e. The summed E-state index contributed by atoms with van der Waals surface area (Å²) in [5, 5.41) is 0. The molecule has 0 fully saturated rings. The molecule has 0 N–H and O–H groups in total. The quantitative estimate of drug-likeness (QED) is 0.751. The fourth-order valence-corrected chi connectivity index (χ4v) is 1.90. The lowest BCUT2D eigenvalue weighted by Gasteiger charge is -2.17. The summed E-state index contributed by atoms with van der Waals surface area (Å²) in [4.78, 5) is 24.8. The van der Waals surface area contributed by atoms with Gasteiger partial charge in [0.2, 0.25) is 0 Å². The second kappa shape index (κ2) is 7.68. The fourth-order valence-electron chi connectivity index (χ4n) is 1.90. The van der Waals surface area contributed by atoms with Crippen molar-refractivity contribution >= 4 is 11.9 Å². The molecule has 1 amide bonds. The second-order valence-electron chi connectivity index (χ2n) is 5.18. The number of rotatable bonds is 6. The molecule has 0 bridgehead atoms. The summed E-state index contributed by atoms with van der Waals surface area (Å²) in [7, 11) is 3.11. The highest BCUT2D eigenvalue weighted by molar-refractivity contribution is 5.94. The maximum absolute atomic E-state index is 12.2. The van der Waals surface area contributed by atoms with Gasteiger partial charge < -0.3 is 9.64 Å². The average Bonchev–Trinajstić information content (AvgIpc) is 2.46. The van der Waals surface area contributed by atoms with Crippen molar-refractivity contribution in [3.8, 4) is 0 Å². The van der Waals surface area contributed by atoms with E-state index in [-0.39, 0.29) is 11.9 Å². The van der Waals surface area contributed by atoms with Crippen LogP contribution in [0.15, 0.2) is 24.3 Å². The van der Waals surface area contributed by atoms with Crippen LogP contribution in [0, 0.1) is 0 Å². The van der Waals surface area contributed by atoms with E-state index in [4.69, 9.17) is 0 Å². The predicted octanol–water partition coefficient (Wildman–Crippen LogP) is 2.84. The maximum atomic E-state index is 12.2. The van der Waals surface area contributed by atoms with Gasteiger partial charge in [-0.1, -0.05) is 26.0 Å². The van der Waals surface area contributed by atoms with Crippen molar-refractivity contribution in [1.82, 2.24) is 4.90 Å². The number of hydrogen-bond donors (Lipinski definition) is 0. The van der Waals surface area contributed by atoms with E-state index in [0.717, 1.165) is 0 Å². The molecule has 4 heteroatoms. The highest BCUT2D eigenvalue weighted by Gasteiger charge is 2.12. The van der Waals surface area contributed by atoms with Crippen molar-refractivity contribution < 1.29 is 14.3 Å². The summed E-state index contributed by atoms with van der Waals surface area (Å²) in [6.07, 6.45) is 0.944. The molecule has 110 valence electrons. The van der Waals surface area contributed by atoms with Gasteiger partial charge in [0.15, 0.2) is 0 Å². The van der Waals surface area contributed by atoms with Crippen LogP contribution in [0.4, 0.5) is 0 Å². The van der Waals surface area contributed by atoms with Gasteiger partial charge in [-0.2, -0.15) is 0 Å². The number of hydrogen-bond acceptors (Lipinski definition) is 3. The van der Waals surface area contributed by atoms with Crippen LogP contribution in [0.25, 0.3) is 0 Å². The first-order chi connectivity index (χ1) is 9.45. The zero-order valence-electron chi connectivity index (χ0n) is 12.7. The topological polar surface area (TPSA) is 46.6 Å². The Morgan fingerprint density at radius 3 is 2.30 bits per heavy atom. The summed E-state index contributed by atoms with van der Waals surface area (Å²) in [5.74, 6) is 0.189. The number of amides is 1. The highest BCUT2D eigenvalue weighted by atomic mass is 16.5. The fraction of sp³-hybridized carbons (Fsp3) is 0.500. The van der Waals surface area contributed by atoms with Gasteiger partial charge in [0, 0.05) is 25.6 Å². The molecular weight excluding hydrogens is 254 g/mol. The molecule has 0 atom stereocenters. The lowest BCUT2D eigenvalue weighted by Crippen LogP contribution is -2.28. The van der Waals surface area contributed by atoms with Crippen molar-refractivity contribution in [2.75, 3.05) is 20.7 Å². The standard InChI is InChI=1S/C16H23NO3/c1-12(2)13-7-9-14(10-8-13)16(19)17(3)11-5-6-15(18)20-4/h7-10,12H,5-6,11H2,1-4H3. The Morgan fingerprint density at radius 1 is 1.20 bits per heavy atom. The van der Waals surface area contributed by atoms with E-state index < -0.39 is 0 Å². The van der Waals surface area contributed by atoms with Crippen molar-refractivity contribution in [3.63, 3.8) is 0 Å². The molecule has 0 aliphatic rings. The minimum Gasteiger partial charge on any atom is -0.469 e. The molecule has 4 nitrogen and oxygen atoms in total. The smallest absolute Gasteiger partial charge is 0.305 e. The van der Waals surface area contributed by atoms with Crippen LogP contribution in [0.3, 0.4) is 0 Å². The monoisotopic (exact) mass is 277 g/mol. The van der Waals surface area contributed by atoms with E-state index in [1.165, 1.54) is 12.7 Å². The number of methoxy groups -OCH3 is 1. The molecule has 0 saturated carbocycles. The molecule has 0 aliphatic heterocycles. The highest BCUT2D eigenvalue weighted by Crippen LogP contribution is 2.15. The van der Waals surface area contributed by atoms with Gasteiger partial charge in [-0.05, 0) is 30.0 Å². The van der Waals surface area contributed by atoms with E-state index in [1.54, 1.807) is 11.9 Å². The first kappa shape index (κ1) is 16.2. The Morgan fingerprint density at radius 2 is 1.80 bits per heavy atom. The van der Waals surface area contributed by atoms with Gasteiger partial charge in [0.05, 0.1) is 7.11 Å². The summed E-state index contributed by atoms with van der Waals surface area (Å²) in [6, 6.07) is 7.68. The molecule has 20 heavy (non-hydrogen) atoms.